The monoisotopic (exact) mass is 346 g/mol. The summed E-state index contributed by atoms with van der Waals surface area (Å²) in [5.41, 5.74) is 3.28. The molecule has 0 atom stereocenters. The van der Waals surface area contributed by atoms with Gasteiger partial charge in [0, 0.05) is 12.6 Å². The predicted molar refractivity (Wildman–Crippen MR) is 65.0 cm³/mol. The fourth-order valence-electron chi connectivity index (χ4n) is 1.64. The number of halogens is 5. The third-order valence-electron chi connectivity index (χ3n) is 2.62. The Morgan fingerprint density at radius 2 is 1.36 bits per heavy atom. The fourth-order valence-corrected chi connectivity index (χ4v) is 2.27. The van der Waals surface area contributed by atoms with Gasteiger partial charge in [-0.3, -0.25) is 4.90 Å². The molecule has 22 heavy (non-hydrogen) atoms. The van der Waals surface area contributed by atoms with E-state index in [0.29, 0.717) is 0 Å². The number of hydrogen-bond acceptors (Lipinski definition) is 4. The van der Waals surface area contributed by atoms with Gasteiger partial charge in [0.15, 0.2) is 23.3 Å². The second kappa shape index (κ2) is 6.56. The van der Waals surface area contributed by atoms with Gasteiger partial charge in [0.05, 0.1) is 0 Å². The van der Waals surface area contributed by atoms with Crippen molar-refractivity contribution in [2.45, 2.75) is 12.5 Å². The molecule has 0 spiro atoms. The van der Waals surface area contributed by atoms with Crippen molar-refractivity contribution in [1.29, 1.82) is 0 Å². The lowest BCUT2D eigenvalue weighted by Crippen LogP contribution is -2.40. The van der Waals surface area contributed by atoms with E-state index in [1.807, 2.05) is 0 Å². The van der Waals surface area contributed by atoms with E-state index >= 15 is 0 Å². The lowest BCUT2D eigenvalue weighted by Gasteiger charge is -2.22. The van der Waals surface area contributed by atoms with Gasteiger partial charge in [0.25, 0.3) is 0 Å². The number of urea groups is 1. The number of primary amides is 1. The summed E-state index contributed by atoms with van der Waals surface area (Å²) in [4.78, 5) is 37.5. The topological polar surface area (TPSA) is 107 Å². The van der Waals surface area contributed by atoms with Crippen molar-refractivity contribution >= 4 is 20.5 Å². The first-order chi connectivity index (χ1) is 9.97. The number of hydrogen-bond donors (Lipinski definition) is 4. The standard InChI is InChI=1S/C10H11F5N2O4Si/c11-4-5(12)7(14)9(8(15)6(4)13)17(10(16)18)2-1-3-22(19,20)21/h19-21H,1-3H2,(H2,16,18). The van der Waals surface area contributed by atoms with Crippen molar-refractivity contribution in [2.75, 3.05) is 11.4 Å². The normalized spacial score (nSPS) is 11.6. The summed E-state index contributed by atoms with van der Waals surface area (Å²) in [6.45, 7) is -0.704. The largest absolute Gasteiger partial charge is 0.492 e. The number of nitrogens with zero attached hydrogens (tertiary/aromatic N) is 1. The summed E-state index contributed by atoms with van der Waals surface area (Å²) in [5, 5.41) is 0. The van der Waals surface area contributed by atoms with Crippen LogP contribution in [0.5, 0.6) is 0 Å². The van der Waals surface area contributed by atoms with E-state index in [1.54, 1.807) is 0 Å². The van der Waals surface area contributed by atoms with Crippen LogP contribution in [0.3, 0.4) is 0 Å². The van der Waals surface area contributed by atoms with Crippen molar-refractivity contribution in [3.8, 4) is 0 Å². The van der Waals surface area contributed by atoms with Gasteiger partial charge in [-0.15, -0.1) is 0 Å². The Bertz CT molecular complexity index is 567. The highest BCUT2D eigenvalue weighted by Crippen LogP contribution is 2.30. The van der Waals surface area contributed by atoms with E-state index < -0.39 is 68.6 Å². The van der Waals surface area contributed by atoms with Crippen LogP contribution in [0.25, 0.3) is 0 Å². The molecule has 2 amide bonds. The van der Waals surface area contributed by atoms with Gasteiger partial charge in [-0.1, -0.05) is 0 Å². The van der Waals surface area contributed by atoms with Crippen LogP contribution in [0, 0.1) is 29.1 Å². The molecule has 0 bridgehead atoms. The first-order valence-electron chi connectivity index (χ1n) is 5.73. The van der Waals surface area contributed by atoms with Gasteiger partial charge in [0.1, 0.15) is 5.69 Å². The van der Waals surface area contributed by atoms with Gasteiger partial charge >= 0.3 is 14.8 Å². The highest BCUT2D eigenvalue weighted by atomic mass is 28.4. The van der Waals surface area contributed by atoms with Gasteiger partial charge in [0.2, 0.25) is 5.82 Å². The molecule has 0 aliphatic carbocycles. The number of benzene rings is 1. The quantitative estimate of drug-likeness (QED) is 0.271. The van der Waals surface area contributed by atoms with Crippen molar-refractivity contribution in [3.05, 3.63) is 29.1 Å². The van der Waals surface area contributed by atoms with Gasteiger partial charge in [-0.2, -0.15) is 0 Å². The third kappa shape index (κ3) is 3.91. The average Bonchev–Trinajstić information content (AvgIpc) is 2.40. The van der Waals surface area contributed by atoms with Gasteiger partial charge in [-0.25, -0.2) is 26.7 Å². The summed E-state index contributed by atoms with van der Waals surface area (Å²) in [6.07, 6.45) is -0.405. The molecule has 12 heteroatoms. The molecule has 0 saturated heterocycles. The third-order valence-corrected chi connectivity index (χ3v) is 3.64. The highest BCUT2D eigenvalue weighted by Gasteiger charge is 2.32. The highest BCUT2D eigenvalue weighted by molar-refractivity contribution is 6.56. The molecule has 0 aromatic heterocycles. The maximum absolute atomic E-state index is 13.6. The summed E-state index contributed by atoms with van der Waals surface area (Å²) < 4.78 is 66.2. The molecule has 0 aliphatic rings. The number of amides is 2. The van der Waals surface area contributed by atoms with Crippen LogP contribution in [0.2, 0.25) is 6.04 Å². The van der Waals surface area contributed by atoms with E-state index in [9.17, 15) is 26.7 Å². The molecule has 1 aromatic carbocycles. The first-order valence-corrected chi connectivity index (χ1v) is 7.77. The molecular weight excluding hydrogens is 335 g/mol. The second-order valence-corrected chi connectivity index (χ2v) is 6.33. The maximum atomic E-state index is 13.6. The Morgan fingerprint density at radius 1 is 0.955 bits per heavy atom. The van der Waals surface area contributed by atoms with Gasteiger partial charge in [-0.05, 0) is 6.42 Å². The Hall–Kier alpha value is -1.76. The number of nitrogens with two attached hydrogens (primary N) is 1. The van der Waals surface area contributed by atoms with E-state index in [0.717, 1.165) is 0 Å². The van der Waals surface area contributed by atoms with Crippen LogP contribution < -0.4 is 10.6 Å². The van der Waals surface area contributed by atoms with Crippen molar-refractivity contribution in [2.24, 2.45) is 5.73 Å². The van der Waals surface area contributed by atoms with E-state index in [-0.39, 0.29) is 4.90 Å². The summed E-state index contributed by atoms with van der Waals surface area (Å²) in [5.74, 6) is -11.4. The first kappa shape index (κ1) is 18.3. The Balaban J connectivity index is 3.20. The molecule has 0 aliphatic heterocycles. The zero-order valence-corrected chi connectivity index (χ0v) is 11.8. The number of anilines is 1. The van der Waals surface area contributed by atoms with E-state index in [2.05, 4.69) is 0 Å². The number of rotatable bonds is 5. The van der Waals surface area contributed by atoms with Crippen LogP contribution in [0.4, 0.5) is 32.4 Å². The van der Waals surface area contributed by atoms with Crippen LogP contribution >= 0.6 is 0 Å². The molecule has 0 heterocycles. The van der Waals surface area contributed by atoms with Crippen molar-refractivity contribution in [3.63, 3.8) is 0 Å². The summed E-state index contributed by atoms with van der Waals surface area (Å²) >= 11 is 0. The molecule has 0 radical (unpaired) electrons. The Kier molecular flexibility index (Phi) is 5.45. The molecule has 0 fully saturated rings. The van der Waals surface area contributed by atoms with Crippen LogP contribution in [-0.2, 0) is 0 Å². The minimum atomic E-state index is -4.49. The lowest BCUT2D eigenvalue weighted by molar-refractivity contribution is 0.226. The molecule has 0 saturated carbocycles. The fraction of sp³-hybridized carbons (Fsp3) is 0.300. The van der Waals surface area contributed by atoms with Gasteiger partial charge < -0.3 is 20.1 Å². The molecule has 124 valence electrons. The van der Waals surface area contributed by atoms with Crippen LogP contribution in [0.1, 0.15) is 6.42 Å². The lowest BCUT2D eigenvalue weighted by atomic mass is 10.2. The van der Waals surface area contributed by atoms with Crippen LogP contribution in [0.15, 0.2) is 0 Å². The maximum Gasteiger partial charge on any atom is 0.492 e. The zero-order valence-electron chi connectivity index (χ0n) is 10.8. The average molecular weight is 346 g/mol. The zero-order chi connectivity index (χ0) is 17.2. The van der Waals surface area contributed by atoms with Crippen LogP contribution in [-0.4, -0.2) is 35.8 Å². The number of carbonyl (C=O) groups excluding carboxylic acids is 1. The van der Waals surface area contributed by atoms with Crippen molar-refractivity contribution < 1.29 is 41.1 Å². The predicted octanol–water partition coefficient (Wildman–Crippen LogP) is 0.573. The molecule has 1 rings (SSSR count). The Labute approximate surface area is 121 Å². The Morgan fingerprint density at radius 3 is 1.73 bits per heavy atom. The van der Waals surface area contributed by atoms with E-state index in [1.165, 1.54) is 0 Å². The minimum absolute atomic E-state index is 0.0520. The van der Waals surface area contributed by atoms with E-state index in [4.69, 9.17) is 20.1 Å². The second-order valence-electron chi connectivity index (χ2n) is 4.29. The summed E-state index contributed by atoms with van der Waals surface area (Å²) in [7, 11) is -4.49. The number of carbonyl (C=O) groups is 1. The molecular formula is C10H11F5N2O4Si. The molecule has 6 nitrogen and oxygen atoms in total. The minimum Gasteiger partial charge on any atom is -0.390 e. The molecule has 0 unspecified atom stereocenters. The molecule has 1 aromatic rings. The summed E-state index contributed by atoms with van der Waals surface area (Å²) in [6, 6.07) is -2.16. The molecule has 5 N–H and O–H groups in total. The SMILES string of the molecule is NC(=O)N(CCC[Si](O)(O)O)c1c(F)c(F)c(F)c(F)c1F. The van der Waals surface area contributed by atoms with Crippen molar-refractivity contribution in [1.82, 2.24) is 0 Å². The smallest absolute Gasteiger partial charge is 0.390 e.